The number of carbonyl (C=O) groups excluding carboxylic acids is 1. The maximum Gasteiger partial charge on any atom is 0.414 e. The highest BCUT2D eigenvalue weighted by atomic mass is 16.6. The number of ether oxygens (including phenoxy) is 2. The van der Waals surface area contributed by atoms with Crippen molar-refractivity contribution in [2.45, 2.75) is 90.6 Å². The van der Waals surface area contributed by atoms with Crippen molar-refractivity contribution in [2.75, 3.05) is 18.1 Å². The Kier molecular flexibility index (Phi) is 10.5. The minimum Gasteiger partial charge on any atom is -0.490 e. The maximum atomic E-state index is 12.3. The zero-order valence-corrected chi connectivity index (χ0v) is 20.3. The molecule has 0 bridgehead atoms. The van der Waals surface area contributed by atoms with E-state index in [9.17, 15) is 4.79 Å². The molecule has 0 saturated carbocycles. The highest BCUT2D eigenvalue weighted by Crippen LogP contribution is 2.26. The second kappa shape index (κ2) is 13.8. The fraction of sp³-hybridized carbons (Fsp3) is 0.593. The minimum absolute atomic E-state index is 0.0127. The van der Waals surface area contributed by atoms with Gasteiger partial charge in [0, 0.05) is 11.3 Å². The Morgan fingerprint density at radius 1 is 0.909 bits per heavy atom. The van der Waals surface area contributed by atoms with E-state index in [-0.39, 0.29) is 12.2 Å². The van der Waals surface area contributed by atoms with Crippen LogP contribution < -0.4 is 9.64 Å². The van der Waals surface area contributed by atoms with E-state index in [2.05, 4.69) is 23.8 Å². The summed E-state index contributed by atoms with van der Waals surface area (Å²) in [6.45, 7) is 5.75. The molecule has 6 heteroatoms. The van der Waals surface area contributed by atoms with Crippen LogP contribution in [0.3, 0.4) is 0 Å². The lowest BCUT2D eigenvalue weighted by molar-refractivity contribution is 0.135. The van der Waals surface area contributed by atoms with Crippen molar-refractivity contribution in [2.24, 2.45) is 0 Å². The van der Waals surface area contributed by atoms with E-state index in [1.807, 2.05) is 24.3 Å². The van der Waals surface area contributed by atoms with Crippen LogP contribution in [0.25, 0.3) is 11.4 Å². The van der Waals surface area contributed by atoms with E-state index in [0.717, 1.165) is 30.5 Å². The second-order valence-electron chi connectivity index (χ2n) is 8.87. The molecular weight excluding hydrogens is 414 g/mol. The summed E-state index contributed by atoms with van der Waals surface area (Å²) in [6.07, 6.45) is 16.3. The van der Waals surface area contributed by atoms with Gasteiger partial charge in [-0.3, -0.25) is 4.90 Å². The molecule has 1 amide bonds. The number of aromatic nitrogens is 2. The van der Waals surface area contributed by atoms with Crippen molar-refractivity contribution >= 4 is 11.8 Å². The Morgan fingerprint density at radius 2 is 1.55 bits per heavy atom. The van der Waals surface area contributed by atoms with Gasteiger partial charge in [-0.25, -0.2) is 14.8 Å². The van der Waals surface area contributed by atoms with Gasteiger partial charge in [-0.2, -0.15) is 0 Å². The van der Waals surface area contributed by atoms with Gasteiger partial charge in [0.25, 0.3) is 0 Å². The Balaban J connectivity index is 1.45. The first-order valence-corrected chi connectivity index (χ1v) is 12.7. The Labute approximate surface area is 198 Å². The standard InChI is InChI=1S/C27H39N3O3/c1-3-5-7-9-10-12-18-32-25-19-28-26(29-20-25)22-14-16-23(17-15-22)30-21-24(33-27(30)31)13-11-8-6-4-2/h14-17,19-20,24H,3-13,18,21H2,1-2H3/t24-/m1/s1. The van der Waals surface area contributed by atoms with E-state index in [1.54, 1.807) is 17.3 Å². The molecule has 2 heterocycles. The average molecular weight is 454 g/mol. The number of nitrogens with zero attached hydrogens (tertiary/aromatic N) is 3. The number of rotatable bonds is 15. The molecule has 1 aliphatic rings. The molecule has 0 aliphatic carbocycles. The highest BCUT2D eigenvalue weighted by Gasteiger charge is 2.31. The van der Waals surface area contributed by atoms with Gasteiger partial charge in [0.1, 0.15) is 6.10 Å². The smallest absolute Gasteiger partial charge is 0.414 e. The molecule has 1 aliphatic heterocycles. The van der Waals surface area contributed by atoms with Gasteiger partial charge >= 0.3 is 6.09 Å². The van der Waals surface area contributed by atoms with Crippen molar-refractivity contribution < 1.29 is 14.3 Å². The van der Waals surface area contributed by atoms with Crippen LogP contribution in [-0.2, 0) is 4.74 Å². The van der Waals surface area contributed by atoms with Crippen molar-refractivity contribution in [3.63, 3.8) is 0 Å². The number of hydrogen-bond acceptors (Lipinski definition) is 5. The molecule has 0 N–H and O–H groups in total. The van der Waals surface area contributed by atoms with E-state index in [4.69, 9.17) is 9.47 Å². The molecule has 3 rings (SSSR count). The number of unbranched alkanes of at least 4 members (excludes halogenated alkanes) is 8. The van der Waals surface area contributed by atoms with Crippen LogP contribution in [0.1, 0.15) is 84.5 Å². The third-order valence-corrected chi connectivity index (χ3v) is 6.09. The average Bonchev–Trinajstić information content (AvgIpc) is 3.22. The summed E-state index contributed by atoms with van der Waals surface area (Å²) in [5, 5.41) is 0. The molecule has 180 valence electrons. The van der Waals surface area contributed by atoms with Crippen LogP contribution in [0.15, 0.2) is 36.7 Å². The summed E-state index contributed by atoms with van der Waals surface area (Å²) >= 11 is 0. The third-order valence-electron chi connectivity index (χ3n) is 6.09. The van der Waals surface area contributed by atoms with Crippen LogP contribution in [0.2, 0.25) is 0 Å². The predicted octanol–water partition coefficient (Wildman–Crippen LogP) is 7.18. The topological polar surface area (TPSA) is 64.6 Å². The molecule has 1 atom stereocenters. The van der Waals surface area contributed by atoms with E-state index in [1.165, 1.54) is 51.4 Å². The zero-order chi connectivity index (χ0) is 23.3. The number of anilines is 1. The van der Waals surface area contributed by atoms with E-state index >= 15 is 0 Å². The first kappa shape index (κ1) is 25.0. The third kappa shape index (κ3) is 8.02. The van der Waals surface area contributed by atoms with Crippen LogP contribution in [0, 0.1) is 0 Å². The molecule has 0 unspecified atom stereocenters. The molecule has 1 aromatic carbocycles. The fourth-order valence-corrected chi connectivity index (χ4v) is 4.08. The number of amides is 1. The summed E-state index contributed by atoms with van der Waals surface area (Å²) in [7, 11) is 0. The van der Waals surface area contributed by atoms with Gasteiger partial charge < -0.3 is 9.47 Å². The normalized spacial score (nSPS) is 15.6. The zero-order valence-electron chi connectivity index (χ0n) is 20.3. The second-order valence-corrected chi connectivity index (χ2v) is 8.87. The van der Waals surface area contributed by atoms with Crippen LogP contribution in [0.4, 0.5) is 10.5 Å². The molecule has 2 aromatic rings. The van der Waals surface area contributed by atoms with Crippen molar-refractivity contribution in [3.05, 3.63) is 36.7 Å². The minimum atomic E-state index is -0.258. The lowest BCUT2D eigenvalue weighted by Crippen LogP contribution is -2.24. The molecule has 6 nitrogen and oxygen atoms in total. The fourth-order valence-electron chi connectivity index (χ4n) is 4.08. The Bertz CT molecular complexity index is 824. The number of hydrogen-bond donors (Lipinski definition) is 0. The summed E-state index contributed by atoms with van der Waals surface area (Å²) in [5.74, 6) is 1.35. The quantitative estimate of drug-likeness (QED) is 0.267. The molecule has 33 heavy (non-hydrogen) atoms. The summed E-state index contributed by atoms with van der Waals surface area (Å²) in [4.78, 5) is 22.9. The Hall–Kier alpha value is -2.63. The lowest BCUT2D eigenvalue weighted by Gasteiger charge is -2.13. The van der Waals surface area contributed by atoms with Crippen molar-refractivity contribution in [1.82, 2.24) is 9.97 Å². The predicted molar refractivity (Wildman–Crippen MR) is 133 cm³/mol. The van der Waals surface area contributed by atoms with Gasteiger partial charge in [-0.05, 0) is 43.5 Å². The SMILES string of the molecule is CCCCCCCCOc1cnc(-c2ccc(N3C[C@@H](CCCCCC)OC3=O)cc2)nc1. The van der Waals surface area contributed by atoms with Gasteiger partial charge in [0.05, 0.1) is 25.5 Å². The van der Waals surface area contributed by atoms with Gasteiger partial charge in [0.15, 0.2) is 11.6 Å². The first-order valence-electron chi connectivity index (χ1n) is 12.7. The monoisotopic (exact) mass is 453 g/mol. The number of benzene rings is 1. The van der Waals surface area contributed by atoms with Crippen molar-refractivity contribution in [1.29, 1.82) is 0 Å². The van der Waals surface area contributed by atoms with E-state index in [0.29, 0.717) is 24.7 Å². The van der Waals surface area contributed by atoms with E-state index < -0.39 is 0 Å². The van der Waals surface area contributed by atoms with Gasteiger partial charge in [-0.1, -0.05) is 65.2 Å². The van der Waals surface area contributed by atoms with Gasteiger partial charge in [-0.15, -0.1) is 0 Å². The van der Waals surface area contributed by atoms with Crippen LogP contribution in [0.5, 0.6) is 5.75 Å². The summed E-state index contributed by atoms with van der Waals surface area (Å²) in [6, 6.07) is 7.76. The van der Waals surface area contributed by atoms with Crippen molar-refractivity contribution in [3.8, 4) is 17.1 Å². The summed E-state index contributed by atoms with van der Waals surface area (Å²) in [5.41, 5.74) is 1.75. The maximum absolute atomic E-state index is 12.3. The van der Waals surface area contributed by atoms with Gasteiger partial charge in [0.2, 0.25) is 0 Å². The number of cyclic esters (lactones) is 1. The van der Waals surface area contributed by atoms with Crippen LogP contribution >= 0.6 is 0 Å². The highest BCUT2D eigenvalue weighted by molar-refractivity contribution is 5.90. The molecule has 0 radical (unpaired) electrons. The molecular formula is C27H39N3O3. The first-order chi connectivity index (χ1) is 16.2. The lowest BCUT2D eigenvalue weighted by atomic mass is 10.1. The number of carbonyl (C=O) groups is 1. The van der Waals surface area contributed by atoms with Crippen LogP contribution in [-0.4, -0.2) is 35.3 Å². The Morgan fingerprint density at radius 3 is 2.24 bits per heavy atom. The largest absolute Gasteiger partial charge is 0.490 e. The molecule has 1 fully saturated rings. The summed E-state index contributed by atoms with van der Waals surface area (Å²) < 4.78 is 11.3. The molecule has 0 spiro atoms. The molecule has 1 aromatic heterocycles. The molecule has 1 saturated heterocycles.